The van der Waals surface area contributed by atoms with E-state index in [1.54, 1.807) is 0 Å². The van der Waals surface area contributed by atoms with Gasteiger partial charge >= 0.3 is 5.97 Å². The van der Waals surface area contributed by atoms with Gasteiger partial charge in [-0.15, -0.1) is 0 Å². The van der Waals surface area contributed by atoms with Gasteiger partial charge in [0.2, 0.25) is 0 Å². The Morgan fingerprint density at radius 3 is 2.75 bits per heavy atom. The fourth-order valence-corrected chi connectivity index (χ4v) is 0.142. The summed E-state index contributed by atoms with van der Waals surface area (Å²) in [5, 5.41) is 7.92. The Balaban J connectivity index is 3.20. The maximum absolute atomic E-state index is 9.65. The zero-order chi connectivity index (χ0) is 6.41. The van der Waals surface area contributed by atoms with Crippen LogP contribution >= 0.6 is 0 Å². The SMILES string of the molecule is COO/C=C/C(=O)O. The van der Waals surface area contributed by atoms with Crippen molar-refractivity contribution in [2.24, 2.45) is 0 Å². The van der Waals surface area contributed by atoms with Crippen molar-refractivity contribution >= 4 is 5.97 Å². The summed E-state index contributed by atoms with van der Waals surface area (Å²) in [6, 6.07) is 0. The fourth-order valence-electron chi connectivity index (χ4n) is 0.142. The molecule has 0 spiro atoms. The molecule has 0 aliphatic rings. The van der Waals surface area contributed by atoms with Crippen molar-refractivity contribution in [3.8, 4) is 0 Å². The minimum Gasteiger partial charge on any atom is -0.478 e. The summed E-state index contributed by atoms with van der Waals surface area (Å²) in [5.74, 6) is -1.07. The Hall–Kier alpha value is -1.03. The average molecular weight is 118 g/mol. The molecule has 4 nitrogen and oxygen atoms in total. The lowest BCUT2D eigenvalue weighted by Gasteiger charge is -1.86. The van der Waals surface area contributed by atoms with Crippen LogP contribution < -0.4 is 0 Å². The molecule has 0 amide bonds. The van der Waals surface area contributed by atoms with Crippen LogP contribution in [0.2, 0.25) is 0 Å². The number of aliphatic carboxylic acids is 1. The zero-order valence-electron chi connectivity index (χ0n) is 4.33. The van der Waals surface area contributed by atoms with E-state index < -0.39 is 5.97 Å². The number of hydrogen-bond acceptors (Lipinski definition) is 3. The summed E-state index contributed by atoms with van der Waals surface area (Å²) in [7, 11) is 1.28. The molecule has 0 bridgehead atoms. The van der Waals surface area contributed by atoms with Gasteiger partial charge in [0.1, 0.15) is 6.26 Å². The molecule has 0 saturated carbocycles. The van der Waals surface area contributed by atoms with E-state index in [-0.39, 0.29) is 0 Å². The van der Waals surface area contributed by atoms with Crippen LogP contribution in [0.4, 0.5) is 0 Å². The molecular formula is C4H6O4. The molecule has 46 valence electrons. The van der Waals surface area contributed by atoms with Crippen LogP contribution in [0.15, 0.2) is 12.3 Å². The van der Waals surface area contributed by atoms with Gasteiger partial charge in [-0.3, -0.25) is 0 Å². The minimum atomic E-state index is -1.07. The molecule has 0 atom stereocenters. The van der Waals surface area contributed by atoms with Gasteiger partial charge in [0.15, 0.2) is 0 Å². The van der Waals surface area contributed by atoms with E-state index in [9.17, 15) is 4.79 Å². The summed E-state index contributed by atoms with van der Waals surface area (Å²) in [4.78, 5) is 17.8. The summed E-state index contributed by atoms with van der Waals surface area (Å²) in [6.07, 6.45) is 1.76. The van der Waals surface area contributed by atoms with Crippen LogP contribution in [0.3, 0.4) is 0 Å². The topological polar surface area (TPSA) is 55.8 Å². The average Bonchev–Trinajstić information content (AvgIpc) is 1.66. The Morgan fingerprint density at radius 2 is 2.38 bits per heavy atom. The number of carbonyl (C=O) groups is 1. The number of carboxylic acid groups (broad SMARTS) is 1. The lowest BCUT2D eigenvalue weighted by molar-refractivity contribution is -0.223. The maximum atomic E-state index is 9.65. The molecular weight excluding hydrogens is 112 g/mol. The second kappa shape index (κ2) is 4.14. The monoisotopic (exact) mass is 118 g/mol. The van der Waals surface area contributed by atoms with E-state index in [1.807, 2.05) is 0 Å². The molecule has 0 aromatic heterocycles. The normalized spacial score (nSPS) is 9.62. The molecule has 8 heavy (non-hydrogen) atoms. The number of hydrogen-bond donors (Lipinski definition) is 1. The summed E-state index contributed by atoms with van der Waals surface area (Å²) >= 11 is 0. The minimum absolute atomic E-state index is 0.823. The van der Waals surface area contributed by atoms with Crippen molar-refractivity contribution in [1.82, 2.24) is 0 Å². The van der Waals surface area contributed by atoms with Crippen molar-refractivity contribution < 1.29 is 19.7 Å². The highest BCUT2D eigenvalue weighted by atomic mass is 17.2. The standard InChI is InChI=1S/C4H6O4/c1-7-8-3-2-4(5)6/h2-3H,1H3,(H,5,6)/b3-2+. The van der Waals surface area contributed by atoms with Crippen LogP contribution in [0.1, 0.15) is 0 Å². The van der Waals surface area contributed by atoms with Crippen molar-refractivity contribution in [1.29, 1.82) is 0 Å². The van der Waals surface area contributed by atoms with Crippen LogP contribution in [-0.2, 0) is 14.6 Å². The zero-order valence-corrected chi connectivity index (χ0v) is 4.33. The molecule has 0 aromatic carbocycles. The third-order valence-electron chi connectivity index (χ3n) is 0.362. The molecule has 0 aromatic rings. The number of carboxylic acids is 1. The first kappa shape index (κ1) is 6.97. The van der Waals surface area contributed by atoms with Crippen LogP contribution in [0.25, 0.3) is 0 Å². The Morgan fingerprint density at radius 1 is 1.75 bits per heavy atom. The molecule has 0 radical (unpaired) electrons. The predicted molar refractivity (Wildman–Crippen MR) is 24.9 cm³/mol. The molecule has 0 aliphatic carbocycles. The lowest BCUT2D eigenvalue weighted by Crippen LogP contribution is -1.86. The van der Waals surface area contributed by atoms with Gasteiger partial charge in [0, 0.05) is 0 Å². The molecule has 0 unspecified atom stereocenters. The molecule has 0 aliphatic heterocycles. The highest BCUT2D eigenvalue weighted by molar-refractivity contribution is 5.79. The highest BCUT2D eigenvalue weighted by Gasteiger charge is 1.82. The smallest absolute Gasteiger partial charge is 0.331 e. The van der Waals surface area contributed by atoms with Gasteiger partial charge in [-0.05, 0) is 0 Å². The van der Waals surface area contributed by atoms with E-state index in [0.29, 0.717) is 0 Å². The van der Waals surface area contributed by atoms with Gasteiger partial charge in [-0.1, -0.05) is 0 Å². The van der Waals surface area contributed by atoms with Crippen molar-refractivity contribution in [3.05, 3.63) is 12.3 Å². The van der Waals surface area contributed by atoms with E-state index in [2.05, 4.69) is 9.78 Å². The van der Waals surface area contributed by atoms with Gasteiger partial charge in [0.25, 0.3) is 0 Å². The fraction of sp³-hybridized carbons (Fsp3) is 0.250. The van der Waals surface area contributed by atoms with Crippen molar-refractivity contribution in [2.75, 3.05) is 7.11 Å². The van der Waals surface area contributed by atoms with Crippen LogP contribution in [-0.4, -0.2) is 18.2 Å². The van der Waals surface area contributed by atoms with Crippen molar-refractivity contribution in [3.63, 3.8) is 0 Å². The van der Waals surface area contributed by atoms with Gasteiger partial charge in [-0.2, -0.15) is 4.89 Å². The summed E-state index contributed by atoms with van der Waals surface area (Å²) in [6.45, 7) is 0. The quantitative estimate of drug-likeness (QED) is 0.248. The summed E-state index contributed by atoms with van der Waals surface area (Å²) < 4.78 is 0. The molecule has 0 rings (SSSR count). The lowest BCUT2D eigenvalue weighted by atomic mass is 10.7. The first-order valence-corrected chi connectivity index (χ1v) is 1.86. The van der Waals surface area contributed by atoms with E-state index in [4.69, 9.17) is 5.11 Å². The third-order valence-corrected chi connectivity index (χ3v) is 0.362. The highest BCUT2D eigenvalue weighted by Crippen LogP contribution is 1.75. The Kier molecular flexibility index (Phi) is 3.60. The Labute approximate surface area is 46.3 Å². The third kappa shape index (κ3) is 4.97. The number of rotatable bonds is 3. The van der Waals surface area contributed by atoms with E-state index in [1.165, 1.54) is 7.11 Å². The second-order valence-corrected chi connectivity index (χ2v) is 0.904. The van der Waals surface area contributed by atoms with Crippen LogP contribution in [0, 0.1) is 0 Å². The predicted octanol–water partition coefficient (Wildman–Crippen LogP) is 0.163. The largest absolute Gasteiger partial charge is 0.478 e. The molecule has 4 heteroatoms. The van der Waals surface area contributed by atoms with Gasteiger partial charge in [0.05, 0.1) is 13.2 Å². The molecule has 0 fully saturated rings. The Bertz CT molecular complexity index is 96.2. The van der Waals surface area contributed by atoms with Gasteiger partial charge < -0.3 is 9.99 Å². The summed E-state index contributed by atoms with van der Waals surface area (Å²) in [5.41, 5.74) is 0. The first-order valence-electron chi connectivity index (χ1n) is 1.86. The maximum Gasteiger partial charge on any atom is 0.331 e. The van der Waals surface area contributed by atoms with E-state index in [0.717, 1.165) is 12.3 Å². The van der Waals surface area contributed by atoms with Gasteiger partial charge in [-0.25, -0.2) is 4.79 Å². The van der Waals surface area contributed by atoms with Crippen LogP contribution in [0.5, 0.6) is 0 Å². The molecule has 1 N–H and O–H groups in total. The molecule has 0 saturated heterocycles. The van der Waals surface area contributed by atoms with E-state index >= 15 is 0 Å². The second-order valence-electron chi connectivity index (χ2n) is 0.904. The first-order chi connectivity index (χ1) is 3.77. The van der Waals surface area contributed by atoms with Crippen molar-refractivity contribution in [2.45, 2.75) is 0 Å². The molecule has 0 heterocycles.